The van der Waals surface area contributed by atoms with Gasteiger partial charge < -0.3 is 14.8 Å². The van der Waals surface area contributed by atoms with Gasteiger partial charge in [0.2, 0.25) is 0 Å². The van der Waals surface area contributed by atoms with E-state index in [4.69, 9.17) is 9.47 Å². The van der Waals surface area contributed by atoms with Crippen molar-refractivity contribution in [1.29, 1.82) is 0 Å². The molecule has 1 aliphatic heterocycles. The molecular weight excluding hydrogens is 258 g/mol. The number of hydrogen-bond donors (Lipinski definition) is 1. The van der Waals surface area contributed by atoms with Gasteiger partial charge in [-0.25, -0.2) is 9.59 Å². The van der Waals surface area contributed by atoms with Gasteiger partial charge in [-0.1, -0.05) is 24.3 Å². The summed E-state index contributed by atoms with van der Waals surface area (Å²) in [5, 5.41) is 3.19. The minimum Gasteiger partial charge on any atom is -0.466 e. The molecule has 3 atom stereocenters. The number of hydrogen-bond acceptors (Lipinski definition) is 5. The summed E-state index contributed by atoms with van der Waals surface area (Å²) in [4.78, 5) is 23.6. The van der Waals surface area contributed by atoms with E-state index in [0.29, 0.717) is 17.6 Å². The molecule has 1 aliphatic carbocycles. The Labute approximate surface area is 116 Å². The van der Waals surface area contributed by atoms with Crippen molar-refractivity contribution in [3.8, 4) is 0 Å². The third kappa shape index (κ3) is 2.44. The predicted octanol–water partition coefficient (Wildman–Crippen LogP) is 1.06. The number of rotatable bonds is 3. The van der Waals surface area contributed by atoms with Gasteiger partial charge in [0.15, 0.2) is 0 Å². The average Bonchev–Trinajstić information content (AvgIpc) is 3.27. The highest BCUT2D eigenvalue weighted by Gasteiger charge is 2.47. The SMILES string of the molecule is COC(=O)C1=C[C@@H]2N[C@@H]2[C@H](OC(=O)c2ccccc2)C1. The Hall–Kier alpha value is -2.14. The summed E-state index contributed by atoms with van der Waals surface area (Å²) in [7, 11) is 1.35. The molecule has 0 saturated carbocycles. The lowest BCUT2D eigenvalue weighted by Gasteiger charge is -2.20. The number of nitrogens with one attached hydrogen (secondary N) is 1. The monoisotopic (exact) mass is 273 g/mol. The van der Waals surface area contributed by atoms with Gasteiger partial charge in [-0.15, -0.1) is 0 Å². The van der Waals surface area contributed by atoms with Gasteiger partial charge in [0.05, 0.1) is 18.7 Å². The highest BCUT2D eigenvalue weighted by atomic mass is 16.5. The molecule has 0 amide bonds. The van der Waals surface area contributed by atoms with Gasteiger partial charge in [-0.2, -0.15) is 0 Å². The standard InChI is InChI=1S/C15H15NO4/c1-19-14(17)10-7-11-13(16-11)12(8-10)20-15(18)9-5-3-2-4-6-9/h2-7,11-13,16H,8H2,1H3/t11-,12+,13-/m0/s1. The molecule has 2 aliphatic rings. The molecule has 1 aromatic rings. The van der Waals surface area contributed by atoms with Crippen LogP contribution in [0.3, 0.4) is 0 Å². The Bertz CT molecular complexity index is 566. The van der Waals surface area contributed by atoms with Crippen LogP contribution in [0.1, 0.15) is 16.8 Å². The van der Waals surface area contributed by atoms with Crippen LogP contribution in [0, 0.1) is 0 Å². The summed E-state index contributed by atoms with van der Waals surface area (Å²) >= 11 is 0. The minimum atomic E-state index is -0.367. The van der Waals surface area contributed by atoms with Crippen LogP contribution in [0.4, 0.5) is 0 Å². The second kappa shape index (κ2) is 5.09. The molecule has 0 unspecified atom stereocenters. The van der Waals surface area contributed by atoms with Gasteiger partial charge in [-0.3, -0.25) is 0 Å². The first-order valence-electron chi connectivity index (χ1n) is 6.50. The molecule has 5 nitrogen and oxygen atoms in total. The van der Waals surface area contributed by atoms with E-state index in [1.54, 1.807) is 24.3 Å². The van der Waals surface area contributed by atoms with E-state index in [1.165, 1.54) is 7.11 Å². The molecule has 1 heterocycles. The molecule has 3 rings (SSSR count). The molecule has 1 fully saturated rings. The number of benzene rings is 1. The maximum absolute atomic E-state index is 12.0. The number of carbonyl (C=O) groups is 2. The Morgan fingerprint density at radius 1 is 1.20 bits per heavy atom. The molecule has 1 N–H and O–H groups in total. The summed E-state index contributed by atoms with van der Waals surface area (Å²) in [6.07, 6.45) is 1.91. The zero-order valence-electron chi connectivity index (χ0n) is 11.0. The first-order chi connectivity index (χ1) is 9.69. The Kier molecular flexibility index (Phi) is 3.28. The summed E-state index contributed by atoms with van der Waals surface area (Å²) in [5.74, 6) is -0.730. The zero-order valence-corrected chi connectivity index (χ0v) is 11.0. The van der Waals surface area contributed by atoms with Crippen molar-refractivity contribution in [2.24, 2.45) is 0 Å². The summed E-state index contributed by atoms with van der Waals surface area (Å²) in [5.41, 5.74) is 1.07. The van der Waals surface area contributed by atoms with Gasteiger partial charge in [-0.05, 0) is 12.1 Å². The lowest BCUT2D eigenvalue weighted by Crippen LogP contribution is -2.30. The molecule has 0 aromatic heterocycles. The Balaban J connectivity index is 1.69. The maximum atomic E-state index is 12.0. The number of methoxy groups -OCH3 is 1. The lowest BCUT2D eigenvalue weighted by atomic mass is 9.97. The quantitative estimate of drug-likeness (QED) is 0.658. The van der Waals surface area contributed by atoms with Gasteiger partial charge >= 0.3 is 11.9 Å². The Morgan fingerprint density at radius 3 is 2.65 bits per heavy atom. The zero-order chi connectivity index (χ0) is 14.1. The smallest absolute Gasteiger partial charge is 0.338 e. The second-order valence-electron chi connectivity index (χ2n) is 4.92. The molecule has 5 heteroatoms. The van der Waals surface area contributed by atoms with E-state index >= 15 is 0 Å². The highest BCUT2D eigenvalue weighted by Crippen LogP contribution is 2.31. The number of esters is 2. The van der Waals surface area contributed by atoms with Gasteiger partial charge in [0, 0.05) is 18.0 Å². The number of fused-ring (bicyclic) bond motifs is 1. The van der Waals surface area contributed by atoms with Crippen LogP contribution >= 0.6 is 0 Å². The summed E-state index contributed by atoms with van der Waals surface area (Å²) < 4.78 is 10.2. The van der Waals surface area contributed by atoms with Crippen molar-refractivity contribution in [3.05, 3.63) is 47.5 Å². The molecule has 0 radical (unpaired) electrons. The summed E-state index contributed by atoms with van der Waals surface area (Å²) in [6, 6.07) is 9.04. The fourth-order valence-corrected chi connectivity index (χ4v) is 2.46. The van der Waals surface area contributed by atoms with Crippen LogP contribution in [-0.2, 0) is 14.3 Å². The molecule has 104 valence electrons. The summed E-state index contributed by atoms with van der Waals surface area (Å²) in [6.45, 7) is 0. The van der Waals surface area contributed by atoms with E-state index in [-0.39, 0.29) is 30.1 Å². The van der Waals surface area contributed by atoms with Crippen molar-refractivity contribution >= 4 is 11.9 Å². The molecular formula is C15H15NO4. The van der Waals surface area contributed by atoms with Gasteiger partial charge in [0.25, 0.3) is 0 Å². The van der Waals surface area contributed by atoms with Crippen LogP contribution in [-0.4, -0.2) is 37.2 Å². The van der Waals surface area contributed by atoms with Crippen LogP contribution in [0.15, 0.2) is 42.0 Å². The van der Waals surface area contributed by atoms with E-state index in [1.807, 2.05) is 12.1 Å². The van der Waals surface area contributed by atoms with Crippen LogP contribution in [0.2, 0.25) is 0 Å². The molecule has 20 heavy (non-hydrogen) atoms. The van der Waals surface area contributed by atoms with Crippen LogP contribution in [0.25, 0.3) is 0 Å². The fourth-order valence-electron chi connectivity index (χ4n) is 2.46. The molecule has 0 bridgehead atoms. The molecule has 1 saturated heterocycles. The van der Waals surface area contributed by atoms with Crippen molar-refractivity contribution in [3.63, 3.8) is 0 Å². The van der Waals surface area contributed by atoms with Gasteiger partial charge in [0.1, 0.15) is 6.10 Å². The maximum Gasteiger partial charge on any atom is 0.338 e. The van der Waals surface area contributed by atoms with E-state index in [2.05, 4.69) is 5.32 Å². The van der Waals surface area contributed by atoms with Crippen molar-refractivity contribution < 1.29 is 19.1 Å². The average molecular weight is 273 g/mol. The predicted molar refractivity (Wildman–Crippen MR) is 71.1 cm³/mol. The first kappa shape index (κ1) is 12.9. The Morgan fingerprint density at radius 2 is 1.95 bits per heavy atom. The lowest BCUT2D eigenvalue weighted by molar-refractivity contribution is -0.136. The fraction of sp³-hybridized carbons (Fsp3) is 0.333. The third-order valence-electron chi connectivity index (χ3n) is 3.58. The van der Waals surface area contributed by atoms with Crippen molar-refractivity contribution in [1.82, 2.24) is 5.32 Å². The number of carbonyl (C=O) groups excluding carboxylic acids is 2. The topological polar surface area (TPSA) is 74.5 Å². The third-order valence-corrected chi connectivity index (χ3v) is 3.58. The normalized spacial score (nSPS) is 27.1. The van der Waals surface area contributed by atoms with E-state index in [0.717, 1.165) is 0 Å². The van der Waals surface area contributed by atoms with Crippen LogP contribution < -0.4 is 5.32 Å². The van der Waals surface area contributed by atoms with E-state index in [9.17, 15) is 9.59 Å². The first-order valence-corrected chi connectivity index (χ1v) is 6.50. The largest absolute Gasteiger partial charge is 0.466 e. The highest BCUT2D eigenvalue weighted by molar-refractivity contribution is 5.91. The van der Waals surface area contributed by atoms with Crippen molar-refractivity contribution in [2.45, 2.75) is 24.6 Å². The molecule has 0 spiro atoms. The minimum absolute atomic E-state index is 0.103. The second-order valence-corrected chi connectivity index (χ2v) is 4.92. The van der Waals surface area contributed by atoms with E-state index < -0.39 is 0 Å². The number of ether oxygens (including phenoxy) is 2. The van der Waals surface area contributed by atoms with Crippen LogP contribution in [0.5, 0.6) is 0 Å². The van der Waals surface area contributed by atoms with Crippen molar-refractivity contribution in [2.75, 3.05) is 7.11 Å². The molecule has 1 aromatic carbocycles.